The molecule has 0 spiro atoms. The summed E-state index contributed by atoms with van der Waals surface area (Å²) in [4.78, 5) is 11.8. The Morgan fingerprint density at radius 2 is 2.06 bits per heavy atom. The quantitative estimate of drug-likeness (QED) is 0.559. The summed E-state index contributed by atoms with van der Waals surface area (Å²) in [6.07, 6.45) is 2.35. The summed E-state index contributed by atoms with van der Waals surface area (Å²) in [7, 11) is 0. The predicted molar refractivity (Wildman–Crippen MR) is 64.8 cm³/mol. The van der Waals surface area contributed by atoms with Crippen LogP contribution in [0.5, 0.6) is 0 Å². The molecular weight excluding hydrogens is 200 g/mol. The summed E-state index contributed by atoms with van der Waals surface area (Å²) in [6, 6.07) is 9.66. The molecule has 0 N–H and O–H groups in total. The van der Waals surface area contributed by atoms with Crippen LogP contribution in [0.25, 0.3) is 0 Å². The number of ether oxygens (including phenoxy) is 1. The van der Waals surface area contributed by atoms with Crippen molar-refractivity contribution in [2.45, 2.75) is 26.9 Å². The Labute approximate surface area is 96.9 Å². The van der Waals surface area contributed by atoms with Crippen LogP contribution in [0.3, 0.4) is 0 Å². The van der Waals surface area contributed by atoms with Crippen LogP contribution in [0.1, 0.15) is 25.8 Å². The maximum Gasteiger partial charge on any atom is 0.315 e. The van der Waals surface area contributed by atoms with Gasteiger partial charge in [0.1, 0.15) is 6.61 Å². The van der Waals surface area contributed by atoms with Crippen LogP contribution in [-0.4, -0.2) is 5.97 Å². The van der Waals surface area contributed by atoms with Gasteiger partial charge in [-0.25, -0.2) is 0 Å². The molecule has 0 bridgehead atoms. The van der Waals surface area contributed by atoms with Crippen LogP contribution in [-0.2, 0) is 16.1 Å². The Balaban J connectivity index is 2.56. The first-order valence-electron chi connectivity index (χ1n) is 5.47. The molecule has 0 fully saturated rings. The molecule has 0 saturated carbocycles. The van der Waals surface area contributed by atoms with Crippen LogP contribution < -0.4 is 0 Å². The number of carbonyl (C=O) groups is 1. The molecule has 0 amide bonds. The normalized spacial score (nSPS) is 13.9. The average Bonchev–Trinajstić information content (AvgIpc) is 2.36. The van der Waals surface area contributed by atoms with Crippen LogP contribution >= 0.6 is 0 Å². The van der Waals surface area contributed by atoms with Crippen molar-refractivity contribution in [2.75, 3.05) is 0 Å². The monoisotopic (exact) mass is 218 g/mol. The molecule has 0 heterocycles. The van der Waals surface area contributed by atoms with E-state index in [0.29, 0.717) is 13.0 Å². The van der Waals surface area contributed by atoms with Crippen molar-refractivity contribution in [3.63, 3.8) is 0 Å². The van der Waals surface area contributed by atoms with E-state index in [1.165, 1.54) is 0 Å². The van der Waals surface area contributed by atoms with E-state index in [-0.39, 0.29) is 5.97 Å². The predicted octanol–water partition coefficient (Wildman–Crippen LogP) is 3.33. The van der Waals surface area contributed by atoms with E-state index in [1.54, 1.807) is 6.08 Å². The smallest absolute Gasteiger partial charge is 0.315 e. The van der Waals surface area contributed by atoms with Gasteiger partial charge in [-0.05, 0) is 18.9 Å². The van der Waals surface area contributed by atoms with Gasteiger partial charge < -0.3 is 4.74 Å². The first-order chi connectivity index (χ1) is 7.62. The summed E-state index contributed by atoms with van der Waals surface area (Å²) in [6.45, 7) is 7.79. The summed E-state index contributed by atoms with van der Waals surface area (Å²) < 4.78 is 5.26. The molecule has 1 aromatic rings. The molecule has 0 saturated heterocycles. The lowest BCUT2D eigenvalue weighted by Crippen LogP contribution is -2.26. The van der Waals surface area contributed by atoms with Crippen molar-refractivity contribution < 1.29 is 9.53 Å². The van der Waals surface area contributed by atoms with Gasteiger partial charge in [0.2, 0.25) is 0 Å². The van der Waals surface area contributed by atoms with Gasteiger partial charge in [-0.15, -0.1) is 6.58 Å². The lowest BCUT2D eigenvalue weighted by molar-refractivity contribution is -0.153. The molecule has 16 heavy (non-hydrogen) atoms. The highest BCUT2D eigenvalue weighted by atomic mass is 16.5. The largest absolute Gasteiger partial charge is 0.460 e. The summed E-state index contributed by atoms with van der Waals surface area (Å²) in [5.41, 5.74) is 0.424. The molecule has 2 nitrogen and oxygen atoms in total. The molecule has 2 heteroatoms. The Hall–Kier alpha value is -1.57. The standard InChI is InChI=1S/C14H18O2/c1-4-14(3,5-2)13(15)16-11-12-9-7-6-8-10-12/h4,6-10H,1,5,11H2,2-3H3. The lowest BCUT2D eigenvalue weighted by atomic mass is 9.88. The van der Waals surface area contributed by atoms with E-state index in [0.717, 1.165) is 5.56 Å². The van der Waals surface area contributed by atoms with E-state index in [2.05, 4.69) is 6.58 Å². The minimum Gasteiger partial charge on any atom is -0.460 e. The molecule has 0 radical (unpaired) electrons. The Morgan fingerprint density at radius 3 is 2.56 bits per heavy atom. The van der Waals surface area contributed by atoms with Gasteiger partial charge in [0.25, 0.3) is 0 Å². The third-order valence-corrected chi connectivity index (χ3v) is 2.86. The zero-order valence-electron chi connectivity index (χ0n) is 9.90. The number of carbonyl (C=O) groups excluding carboxylic acids is 1. The van der Waals surface area contributed by atoms with Gasteiger partial charge in [0, 0.05) is 0 Å². The molecule has 0 aliphatic carbocycles. The van der Waals surface area contributed by atoms with Crippen molar-refractivity contribution in [1.82, 2.24) is 0 Å². The molecule has 0 aliphatic rings. The molecule has 1 rings (SSSR count). The van der Waals surface area contributed by atoms with E-state index in [1.807, 2.05) is 44.2 Å². The van der Waals surface area contributed by atoms with Gasteiger partial charge in [-0.3, -0.25) is 4.79 Å². The number of benzene rings is 1. The number of rotatable bonds is 5. The van der Waals surface area contributed by atoms with Crippen molar-refractivity contribution >= 4 is 5.97 Å². The molecule has 1 aromatic carbocycles. The van der Waals surface area contributed by atoms with Gasteiger partial charge in [0.05, 0.1) is 5.41 Å². The van der Waals surface area contributed by atoms with Gasteiger partial charge in [0.15, 0.2) is 0 Å². The van der Waals surface area contributed by atoms with E-state index < -0.39 is 5.41 Å². The third kappa shape index (κ3) is 2.96. The molecule has 1 unspecified atom stereocenters. The minimum atomic E-state index is -0.575. The zero-order chi connectivity index (χ0) is 12.0. The summed E-state index contributed by atoms with van der Waals surface area (Å²) in [5.74, 6) is -0.214. The first kappa shape index (κ1) is 12.5. The third-order valence-electron chi connectivity index (χ3n) is 2.86. The zero-order valence-corrected chi connectivity index (χ0v) is 9.90. The maximum absolute atomic E-state index is 11.8. The number of hydrogen-bond donors (Lipinski definition) is 0. The molecule has 86 valence electrons. The van der Waals surface area contributed by atoms with Crippen molar-refractivity contribution in [1.29, 1.82) is 0 Å². The van der Waals surface area contributed by atoms with Crippen LogP contribution in [0.2, 0.25) is 0 Å². The topological polar surface area (TPSA) is 26.3 Å². The van der Waals surface area contributed by atoms with Crippen LogP contribution in [0.15, 0.2) is 43.0 Å². The fourth-order valence-electron chi connectivity index (χ4n) is 1.26. The van der Waals surface area contributed by atoms with Crippen LogP contribution in [0.4, 0.5) is 0 Å². The highest BCUT2D eigenvalue weighted by Crippen LogP contribution is 2.24. The Morgan fingerprint density at radius 1 is 1.44 bits per heavy atom. The van der Waals surface area contributed by atoms with Gasteiger partial charge >= 0.3 is 5.97 Å². The minimum absolute atomic E-state index is 0.214. The first-order valence-corrected chi connectivity index (χ1v) is 5.47. The highest BCUT2D eigenvalue weighted by Gasteiger charge is 2.29. The van der Waals surface area contributed by atoms with Gasteiger partial charge in [-0.1, -0.05) is 43.3 Å². The second kappa shape index (κ2) is 5.50. The molecule has 0 aliphatic heterocycles. The fourth-order valence-corrected chi connectivity index (χ4v) is 1.26. The number of esters is 1. The van der Waals surface area contributed by atoms with Crippen molar-refractivity contribution in [2.24, 2.45) is 5.41 Å². The van der Waals surface area contributed by atoms with E-state index >= 15 is 0 Å². The highest BCUT2D eigenvalue weighted by molar-refractivity contribution is 5.78. The van der Waals surface area contributed by atoms with Crippen molar-refractivity contribution in [3.05, 3.63) is 48.6 Å². The van der Waals surface area contributed by atoms with Crippen molar-refractivity contribution in [3.8, 4) is 0 Å². The van der Waals surface area contributed by atoms with Crippen LogP contribution in [0, 0.1) is 5.41 Å². The fraction of sp³-hybridized carbons (Fsp3) is 0.357. The molecular formula is C14H18O2. The molecule has 0 aromatic heterocycles. The maximum atomic E-state index is 11.8. The lowest BCUT2D eigenvalue weighted by Gasteiger charge is -2.21. The SMILES string of the molecule is C=CC(C)(CC)C(=O)OCc1ccccc1. The average molecular weight is 218 g/mol. The number of hydrogen-bond acceptors (Lipinski definition) is 2. The van der Waals surface area contributed by atoms with E-state index in [9.17, 15) is 4.79 Å². The second-order valence-electron chi connectivity index (χ2n) is 4.04. The van der Waals surface area contributed by atoms with E-state index in [4.69, 9.17) is 4.74 Å². The van der Waals surface area contributed by atoms with Gasteiger partial charge in [-0.2, -0.15) is 0 Å². The Bertz CT molecular complexity index is 356. The summed E-state index contributed by atoms with van der Waals surface area (Å²) >= 11 is 0. The summed E-state index contributed by atoms with van der Waals surface area (Å²) in [5, 5.41) is 0. The molecule has 1 atom stereocenters. The second-order valence-corrected chi connectivity index (χ2v) is 4.04. The Kier molecular flexibility index (Phi) is 4.29.